The van der Waals surface area contributed by atoms with Crippen LogP contribution >= 0.6 is 0 Å². The number of hydrogen-bond donors (Lipinski definition) is 1. The largest absolute Gasteiger partial charge is 0.380 e. The predicted octanol–water partition coefficient (Wildman–Crippen LogP) is 5.70. The molecule has 1 fully saturated rings. The van der Waals surface area contributed by atoms with Gasteiger partial charge in [-0.05, 0) is 60.2 Å². The Morgan fingerprint density at radius 2 is 2.00 bits per heavy atom. The van der Waals surface area contributed by atoms with Crippen LogP contribution in [0, 0.1) is 0 Å². The summed E-state index contributed by atoms with van der Waals surface area (Å²) in [6.45, 7) is 0.614. The first kappa shape index (κ1) is 16.6. The Kier molecular flexibility index (Phi) is 4.21. The first-order valence-electron chi connectivity index (χ1n) is 9.90. The summed E-state index contributed by atoms with van der Waals surface area (Å²) in [6.07, 6.45) is 10.9. The van der Waals surface area contributed by atoms with E-state index in [-0.39, 0.29) is 0 Å². The van der Waals surface area contributed by atoms with Gasteiger partial charge in [0.15, 0.2) is 0 Å². The van der Waals surface area contributed by atoms with E-state index in [1.54, 1.807) is 7.11 Å². The van der Waals surface area contributed by atoms with Crippen molar-refractivity contribution in [1.29, 1.82) is 0 Å². The monoisotopic (exact) mass is 359 g/mol. The standard InChI is InChI=1S/C23H25N3O/c1-27-14-16-7-10-23-22(11-16)25-15-26(23)18-8-9-21-19(12-18)20(13-24-21)17-5-3-2-4-6-17/h7-13,15,17,24H,2-6,14H2,1H3. The maximum Gasteiger partial charge on any atom is 0.100 e. The number of benzene rings is 2. The zero-order chi connectivity index (χ0) is 18.2. The van der Waals surface area contributed by atoms with Crippen LogP contribution in [-0.2, 0) is 11.3 Å². The normalized spacial score (nSPS) is 15.7. The Balaban J connectivity index is 1.57. The zero-order valence-corrected chi connectivity index (χ0v) is 15.7. The van der Waals surface area contributed by atoms with Gasteiger partial charge in [0.1, 0.15) is 6.33 Å². The van der Waals surface area contributed by atoms with Crippen molar-refractivity contribution in [1.82, 2.24) is 14.5 Å². The quantitative estimate of drug-likeness (QED) is 0.508. The molecule has 2 heterocycles. The number of imidazole rings is 1. The van der Waals surface area contributed by atoms with Crippen LogP contribution in [0.5, 0.6) is 0 Å². The predicted molar refractivity (Wildman–Crippen MR) is 109 cm³/mol. The third-order valence-electron chi connectivity index (χ3n) is 5.94. The van der Waals surface area contributed by atoms with Gasteiger partial charge >= 0.3 is 0 Å². The lowest BCUT2D eigenvalue weighted by Crippen LogP contribution is -2.03. The molecule has 0 amide bonds. The zero-order valence-electron chi connectivity index (χ0n) is 15.7. The highest BCUT2D eigenvalue weighted by Gasteiger charge is 2.19. The first-order valence-corrected chi connectivity index (χ1v) is 9.90. The van der Waals surface area contributed by atoms with Gasteiger partial charge in [-0.25, -0.2) is 4.98 Å². The van der Waals surface area contributed by atoms with E-state index in [1.165, 1.54) is 54.3 Å². The van der Waals surface area contributed by atoms with Crippen molar-refractivity contribution in [2.24, 2.45) is 0 Å². The molecular formula is C23H25N3O. The Hall–Kier alpha value is -2.59. The van der Waals surface area contributed by atoms with Gasteiger partial charge in [-0.2, -0.15) is 0 Å². The van der Waals surface area contributed by atoms with Crippen LogP contribution in [0.15, 0.2) is 48.9 Å². The molecule has 2 aromatic heterocycles. The molecule has 2 aromatic carbocycles. The number of nitrogens with one attached hydrogen (secondary N) is 1. The van der Waals surface area contributed by atoms with Crippen LogP contribution in [0.2, 0.25) is 0 Å². The molecule has 4 heteroatoms. The molecule has 5 rings (SSSR count). The van der Waals surface area contributed by atoms with Crippen molar-refractivity contribution in [2.75, 3.05) is 7.11 Å². The molecule has 4 aromatic rings. The summed E-state index contributed by atoms with van der Waals surface area (Å²) in [4.78, 5) is 8.10. The summed E-state index contributed by atoms with van der Waals surface area (Å²) in [7, 11) is 1.72. The van der Waals surface area contributed by atoms with E-state index in [2.05, 4.69) is 57.1 Å². The molecular weight excluding hydrogens is 334 g/mol. The highest BCUT2D eigenvalue weighted by molar-refractivity contribution is 5.87. The first-order chi connectivity index (χ1) is 13.3. The Bertz CT molecular complexity index is 1090. The van der Waals surface area contributed by atoms with E-state index >= 15 is 0 Å². The Labute approximate surface area is 159 Å². The highest BCUT2D eigenvalue weighted by Crippen LogP contribution is 2.37. The number of fused-ring (bicyclic) bond motifs is 2. The van der Waals surface area contributed by atoms with E-state index in [0.29, 0.717) is 12.5 Å². The number of nitrogens with zero attached hydrogens (tertiary/aromatic N) is 2. The van der Waals surface area contributed by atoms with Crippen LogP contribution in [0.25, 0.3) is 27.6 Å². The van der Waals surface area contributed by atoms with Gasteiger partial charge in [-0.1, -0.05) is 25.3 Å². The number of H-pyrrole nitrogens is 1. The van der Waals surface area contributed by atoms with E-state index in [9.17, 15) is 0 Å². The second kappa shape index (κ2) is 6.86. The summed E-state index contributed by atoms with van der Waals surface area (Å²) in [5.74, 6) is 0.693. The number of methoxy groups -OCH3 is 1. The molecule has 27 heavy (non-hydrogen) atoms. The fourth-order valence-electron chi connectivity index (χ4n) is 4.55. The van der Waals surface area contributed by atoms with Crippen LogP contribution in [-0.4, -0.2) is 21.6 Å². The lowest BCUT2D eigenvalue weighted by atomic mass is 9.84. The van der Waals surface area contributed by atoms with E-state index in [0.717, 1.165) is 16.6 Å². The smallest absolute Gasteiger partial charge is 0.100 e. The fourth-order valence-corrected chi connectivity index (χ4v) is 4.55. The Morgan fingerprint density at radius 1 is 1.11 bits per heavy atom. The average Bonchev–Trinajstić information content (AvgIpc) is 3.32. The average molecular weight is 359 g/mol. The van der Waals surface area contributed by atoms with Crippen LogP contribution in [0.1, 0.15) is 49.1 Å². The fraction of sp³-hybridized carbons (Fsp3) is 0.348. The summed E-state index contributed by atoms with van der Waals surface area (Å²) in [5, 5.41) is 1.36. The molecule has 4 nitrogen and oxygen atoms in total. The minimum Gasteiger partial charge on any atom is -0.380 e. The summed E-state index contributed by atoms with van der Waals surface area (Å²) < 4.78 is 7.42. The number of aromatic amines is 1. The van der Waals surface area contributed by atoms with Crippen molar-refractivity contribution in [3.8, 4) is 5.69 Å². The lowest BCUT2D eigenvalue weighted by Gasteiger charge is -2.21. The third-order valence-corrected chi connectivity index (χ3v) is 5.94. The molecule has 1 aliphatic rings. The second-order valence-electron chi connectivity index (χ2n) is 7.68. The van der Waals surface area contributed by atoms with Crippen LogP contribution < -0.4 is 0 Å². The van der Waals surface area contributed by atoms with Gasteiger partial charge in [0.25, 0.3) is 0 Å². The van der Waals surface area contributed by atoms with Gasteiger partial charge < -0.3 is 9.72 Å². The number of hydrogen-bond acceptors (Lipinski definition) is 2. The highest BCUT2D eigenvalue weighted by atomic mass is 16.5. The Morgan fingerprint density at radius 3 is 2.85 bits per heavy atom. The number of aromatic nitrogens is 3. The molecule has 1 aliphatic carbocycles. The van der Waals surface area contributed by atoms with Crippen molar-refractivity contribution in [2.45, 2.75) is 44.6 Å². The molecule has 0 atom stereocenters. The molecule has 138 valence electrons. The minimum atomic E-state index is 0.614. The van der Waals surface area contributed by atoms with E-state index in [1.807, 2.05) is 6.33 Å². The van der Waals surface area contributed by atoms with Gasteiger partial charge in [0.2, 0.25) is 0 Å². The second-order valence-corrected chi connectivity index (χ2v) is 7.68. The van der Waals surface area contributed by atoms with Crippen molar-refractivity contribution in [3.05, 3.63) is 60.0 Å². The molecule has 0 radical (unpaired) electrons. The van der Waals surface area contributed by atoms with Gasteiger partial charge in [0, 0.05) is 29.9 Å². The maximum absolute atomic E-state index is 5.24. The SMILES string of the molecule is COCc1ccc2c(c1)ncn2-c1ccc2[nH]cc(C3CCCCC3)c2c1. The van der Waals surface area contributed by atoms with Gasteiger partial charge in [-0.3, -0.25) is 4.57 Å². The van der Waals surface area contributed by atoms with Crippen LogP contribution in [0.3, 0.4) is 0 Å². The van der Waals surface area contributed by atoms with Crippen LogP contribution in [0.4, 0.5) is 0 Å². The van der Waals surface area contributed by atoms with Gasteiger partial charge in [-0.15, -0.1) is 0 Å². The third kappa shape index (κ3) is 2.94. The summed E-state index contributed by atoms with van der Waals surface area (Å²) in [6, 6.07) is 13.1. The summed E-state index contributed by atoms with van der Waals surface area (Å²) in [5.41, 5.74) is 7.16. The van der Waals surface area contributed by atoms with E-state index in [4.69, 9.17) is 4.74 Å². The lowest BCUT2D eigenvalue weighted by molar-refractivity contribution is 0.185. The van der Waals surface area contributed by atoms with Gasteiger partial charge in [0.05, 0.1) is 17.6 Å². The van der Waals surface area contributed by atoms with Crippen molar-refractivity contribution < 1.29 is 4.74 Å². The number of rotatable bonds is 4. The van der Waals surface area contributed by atoms with E-state index < -0.39 is 0 Å². The molecule has 1 N–H and O–H groups in total. The molecule has 0 bridgehead atoms. The molecule has 0 aliphatic heterocycles. The summed E-state index contributed by atoms with van der Waals surface area (Å²) >= 11 is 0. The molecule has 0 saturated heterocycles. The van der Waals surface area contributed by atoms with Crippen molar-refractivity contribution >= 4 is 21.9 Å². The molecule has 0 unspecified atom stereocenters. The van der Waals surface area contributed by atoms with Crippen molar-refractivity contribution in [3.63, 3.8) is 0 Å². The molecule has 1 saturated carbocycles. The minimum absolute atomic E-state index is 0.614. The number of ether oxygens (including phenoxy) is 1. The maximum atomic E-state index is 5.24. The molecule has 0 spiro atoms. The topological polar surface area (TPSA) is 42.8 Å².